The van der Waals surface area contributed by atoms with Gasteiger partial charge in [0.1, 0.15) is 5.54 Å². The summed E-state index contributed by atoms with van der Waals surface area (Å²) in [6.07, 6.45) is 2.97. The Hall–Kier alpha value is -1.81. The van der Waals surface area contributed by atoms with Crippen LogP contribution in [0.25, 0.3) is 10.9 Å². The third-order valence-corrected chi connectivity index (χ3v) is 8.11. The fraction of sp³-hybridized carbons (Fsp3) is 0.591. The number of piperidine rings is 2. The molecule has 26 heavy (non-hydrogen) atoms. The molecule has 1 aromatic heterocycles. The number of amides is 1. The largest absolute Gasteiger partial charge is 0.358 e. The zero-order chi connectivity index (χ0) is 17.9. The van der Waals surface area contributed by atoms with Crippen LogP contribution in [-0.4, -0.2) is 40.0 Å². The third-order valence-electron chi connectivity index (χ3n) is 8.11. The minimum Gasteiger partial charge on any atom is -0.358 e. The van der Waals surface area contributed by atoms with Crippen LogP contribution in [0, 0.1) is 11.8 Å². The van der Waals surface area contributed by atoms with Gasteiger partial charge in [-0.1, -0.05) is 39.0 Å². The van der Waals surface area contributed by atoms with Gasteiger partial charge >= 0.3 is 0 Å². The quantitative estimate of drug-likeness (QED) is 0.768. The molecule has 5 aliphatic rings. The third kappa shape index (κ3) is 1.55. The van der Waals surface area contributed by atoms with Gasteiger partial charge in [0, 0.05) is 35.1 Å². The van der Waals surface area contributed by atoms with Gasteiger partial charge < -0.3 is 10.3 Å². The van der Waals surface area contributed by atoms with Gasteiger partial charge in [0.05, 0.1) is 5.54 Å². The van der Waals surface area contributed by atoms with Gasteiger partial charge in [0.15, 0.2) is 0 Å². The van der Waals surface area contributed by atoms with Crippen LogP contribution in [0.2, 0.25) is 0 Å². The molecule has 2 aromatic rings. The van der Waals surface area contributed by atoms with Crippen molar-refractivity contribution in [3.05, 3.63) is 35.5 Å². The Balaban J connectivity index is 1.58. The summed E-state index contributed by atoms with van der Waals surface area (Å²) in [7, 11) is 0. The van der Waals surface area contributed by atoms with Gasteiger partial charge in [-0.3, -0.25) is 9.69 Å². The van der Waals surface area contributed by atoms with Gasteiger partial charge in [0.2, 0.25) is 5.91 Å². The second-order valence-corrected chi connectivity index (χ2v) is 10.0. The van der Waals surface area contributed by atoms with E-state index in [1.807, 2.05) is 0 Å². The van der Waals surface area contributed by atoms with Crippen LogP contribution in [-0.2, 0) is 16.6 Å². The summed E-state index contributed by atoms with van der Waals surface area (Å²) in [6.45, 7) is 9.16. The number of para-hydroxylation sites is 1. The fourth-order valence-corrected chi connectivity index (χ4v) is 7.12. The van der Waals surface area contributed by atoms with Crippen molar-refractivity contribution in [2.45, 2.75) is 56.5 Å². The molecule has 1 amide bonds. The Morgan fingerprint density at radius 3 is 2.85 bits per heavy atom. The molecule has 2 N–H and O–H groups in total. The van der Waals surface area contributed by atoms with Gasteiger partial charge in [-0.05, 0) is 42.7 Å². The maximum atomic E-state index is 13.2. The Morgan fingerprint density at radius 2 is 2.00 bits per heavy atom. The molecule has 4 heteroatoms. The van der Waals surface area contributed by atoms with Crippen LogP contribution in [0.4, 0.5) is 0 Å². The molecular weight excluding hydrogens is 322 g/mol. The highest BCUT2D eigenvalue weighted by Gasteiger charge is 2.69. The number of nitrogens with one attached hydrogen (secondary N) is 2. The van der Waals surface area contributed by atoms with E-state index in [0.717, 1.165) is 32.4 Å². The van der Waals surface area contributed by atoms with E-state index in [4.69, 9.17) is 0 Å². The number of carbonyl (C=O) groups is 1. The number of nitrogens with zero attached hydrogens (tertiary/aromatic N) is 1. The molecule has 136 valence electrons. The van der Waals surface area contributed by atoms with E-state index >= 15 is 0 Å². The molecule has 4 saturated heterocycles. The van der Waals surface area contributed by atoms with Crippen molar-refractivity contribution in [1.29, 1.82) is 0 Å². The number of hydrogen-bond donors (Lipinski definition) is 2. The first kappa shape index (κ1) is 15.3. The molecule has 0 saturated carbocycles. The number of piperazine rings is 1. The van der Waals surface area contributed by atoms with Crippen LogP contribution in [0.3, 0.4) is 0 Å². The number of H-pyrrole nitrogens is 1. The first-order valence-corrected chi connectivity index (χ1v) is 10.0. The lowest BCUT2D eigenvalue weighted by atomic mass is 9.51. The van der Waals surface area contributed by atoms with E-state index in [9.17, 15) is 4.79 Å². The molecule has 4 nitrogen and oxygen atoms in total. The molecule has 4 atom stereocenters. The van der Waals surface area contributed by atoms with Crippen molar-refractivity contribution in [1.82, 2.24) is 15.2 Å². The molecule has 1 aromatic carbocycles. The Morgan fingerprint density at radius 1 is 1.19 bits per heavy atom. The number of rotatable bonds is 0. The molecule has 0 radical (unpaired) electrons. The van der Waals surface area contributed by atoms with Crippen molar-refractivity contribution in [3.63, 3.8) is 0 Å². The molecule has 0 unspecified atom stereocenters. The molecule has 4 fully saturated rings. The number of aromatic amines is 1. The van der Waals surface area contributed by atoms with Crippen LogP contribution in [0.5, 0.6) is 0 Å². The monoisotopic (exact) mass is 349 g/mol. The van der Waals surface area contributed by atoms with E-state index in [0.29, 0.717) is 17.7 Å². The highest BCUT2D eigenvalue weighted by Crippen LogP contribution is 2.59. The predicted molar refractivity (Wildman–Crippen MR) is 102 cm³/mol. The zero-order valence-electron chi connectivity index (χ0n) is 15.9. The summed E-state index contributed by atoms with van der Waals surface area (Å²) >= 11 is 0. The number of hydrogen-bond acceptors (Lipinski definition) is 2. The fourth-order valence-electron chi connectivity index (χ4n) is 7.12. The zero-order valence-corrected chi connectivity index (χ0v) is 15.9. The molecule has 4 aliphatic heterocycles. The van der Waals surface area contributed by atoms with Crippen molar-refractivity contribution < 1.29 is 4.79 Å². The molecule has 5 heterocycles. The van der Waals surface area contributed by atoms with Crippen LogP contribution < -0.4 is 5.32 Å². The van der Waals surface area contributed by atoms with Crippen molar-refractivity contribution >= 4 is 16.8 Å². The highest BCUT2D eigenvalue weighted by molar-refractivity contribution is 5.91. The van der Waals surface area contributed by atoms with E-state index in [2.05, 4.69) is 60.2 Å². The molecule has 2 spiro atoms. The van der Waals surface area contributed by atoms with Crippen molar-refractivity contribution in [3.8, 4) is 0 Å². The second-order valence-electron chi connectivity index (χ2n) is 10.0. The van der Waals surface area contributed by atoms with Crippen molar-refractivity contribution in [2.75, 3.05) is 13.1 Å². The number of benzene rings is 1. The second kappa shape index (κ2) is 4.36. The van der Waals surface area contributed by atoms with E-state index in [1.54, 1.807) is 0 Å². The maximum Gasteiger partial charge on any atom is 0.241 e. The summed E-state index contributed by atoms with van der Waals surface area (Å²) in [5.74, 6) is 1.39. The summed E-state index contributed by atoms with van der Waals surface area (Å²) < 4.78 is 0. The lowest BCUT2D eigenvalue weighted by molar-refractivity contribution is -0.160. The first-order valence-electron chi connectivity index (χ1n) is 10.0. The SMILES string of the molecule is C[C@H]1CN2C[C@@]34Cc5c([nH]c6ccccc56)C(C)(C)[C@@H]3C[C@@]2(C1)C(=O)N4. The van der Waals surface area contributed by atoms with E-state index in [-0.39, 0.29) is 16.5 Å². The lowest BCUT2D eigenvalue weighted by Gasteiger charge is -2.65. The smallest absolute Gasteiger partial charge is 0.241 e. The number of fused-ring (bicyclic) bond motifs is 4. The Bertz CT molecular complexity index is 959. The topological polar surface area (TPSA) is 48.1 Å². The minimum atomic E-state index is -0.257. The summed E-state index contributed by atoms with van der Waals surface area (Å²) in [4.78, 5) is 19.5. The normalized spacial score (nSPS) is 40.2. The van der Waals surface area contributed by atoms with Gasteiger partial charge in [-0.25, -0.2) is 0 Å². The van der Waals surface area contributed by atoms with Gasteiger partial charge in [0.25, 0.3) is 0 Å². The lowest BCUT2D eigenvalue weighted by Crippen LogP contribution is -2.82. The van der Waals surface area contributed by atoms with Crippen LogP contribution >= 0.6 is 0 Å². The van der Waals surface area contributed by atoms with Crippen LogP contribution in [0.15, 0.2) is 24.3 Å². The van der Waals surface area contributed by atoms with E-state index in [1.165, 1.54) is 22.2 Å². The summed E-state index contributed by atoms with van der Waals surface area (Å²) in [5, 5.41) is 4.90. The van der Waals surface area contributed by atoms with Crippen LogP contribution in [0.1, 0.15) is 44.9 Å². The molecular formula is C22H27N3O. The summed E-state index contributed by atoms with van der Waals surface area (Å²) in [5.41, 5.74) is 3.70. The van der Waals surface area contributed by atoms with Gasteiger partial charge in [-0.15, -0.1) is 0 Å². The Kier molecular flexibility index (Phi) is 2.56. The minimum absolute atomic E-state index is 0.0330. The van der Waals surface area contributed by atoms with E-state index < -0.39 is 0 Å². The van der Waals surface area contributed by atoms with Gasteiger partial charge in [-0.2, -0.15) is 0 Å². The first-order chi connectivity index (χ1) is 12.4. The average molecular weight is 349 g/mol. The highest BCUT2D eigenvalue weighted by atomic mass is 16.2. The average Bonchev–Trinajstić information content (AvgIpc) is 3.11. The Labute approximate surface area is 154 Å². The molecule has 1 aliphatic carbocycles. The standard InChI is InChI=1S/C22H27N3O/c1-13-8-22-10-17-20(2,3)18-15(14-6-4-5-7-16(14)23-18)9-21(17,24-19(22)26)12-25(22)11-13/h4-7,13,17,23H,8-12H2,1-3H3,(H,24,26)/t13-,17+,21+,22+/m1/s1. The molecule has 7 rings (SSSR count). The van der Waals surface area contributed by atoms with Crippen molar-refractivity contribution in [2.24, 2.45) is 11.8 Å². The number of carbonyl (C=O) groups excluding carboxylic acids is 1. The summed E-state index contributed by atoms with van der Waals surface area (Å²) in [6, 6.07) is 8.64. The predicted octanol–water partition coefficient (Wildman–Crippen LogP) is 2.97. The maximum absolute atomic E-state index is 13.2. The number of aromatic nitrogens is 1. The molecule has 2 bridgehead atoms.